The van der Waals surface area contributed by atoms with Gasteiger partial charge in [0.25, 0.3) is 0 Å². The third kappa shape index (κ3) is 3.61. The molecule has 0 saturated carbocycles. The zero-order valence-electron chi connectivity index (χ0n) is 9.24. The molecule has 0 amide bonds. The molecule has 0 spiro atoms. The largest absolute Gasteiger partial charge is 0.486 e. The first-order chi connectivity index (χ1) is 7.86. The first-order valence-corrected chi connectivity index (χ1v) is 5.05. The van der Waals surface area contributed by atoms with E-state index in [4.69, 9.17) is 15.6 Å². The number of alkyl halides is 3. The number of hydrogen-bond acceptors (Lipinski definition) is 3. The van der Waals surface area contributed by atoms with E-state index in [-0.39, 0.29) is 5.75 Å². The molecule has 1 aromatic rings. The van der Waals surface area contributed by atoms with Crippen LogP contribution in [-0.4, -0.2) is 23.9 Å². The molecule has 0 fully saturated rings. The van der Waals surface area contributed by atoms with Crippen LogP contribution in [0.5, 0.6) is 5.75 Å². The van der Waals surface area contributed by atoms with Crippen LogP contribution >= 0.6 is 0 Å². The molecule has 0 bridgehead atoms. The van der Waals surface area contributed by atoms with Gasteiger partial charge in [-0.25, -0.2) is 0 Å². The second-order valence-corrected chi connectivity index (χ2v) is 3.69. The molecule has 96 valence electrons. The lowest BCUT2D eigenvalue weighted by Gasteiger charge is -2.22. The quantitative estimate of drug-likeness (QED) is 0.855. The van der Waals surface area contributed by atoms with Gasteiger partial charge in [-0.3, -0.25) is 0 Å². The molecule has 1 rings (SSSR count). The molecule has 0 radical (unpaired) electrons. The smallest absolute Gasteiger partial charge is 0.419 e. The van der Waals surface area contributed by atoms with Gasteiger partial charge >= 0.3 is 6.18 Å². The van der Waals surface area contributed by atoms with Crippen molar-refractivity contribution < 1.29 is 23.0 Å². The fourth-order valence-corrected chi connectivity index (χ4v) is 1.28. The zero-order valence-corrected chi connectivity index (χ0v) is 9.24. The predicted molar refractivity (Wildman–Crippen MR) is 56.6 cm³/mol. The Morgan fingerprint density at radius 3 is 2.41 bits per heavy atom. The highest BCUT2D eigenvalue weighted by atomic mass is 19.4. The first-order valence-electron chi connectivity index (χ1n) is 5.05. The van der Waals surface area contributed by atoms with E-state index in [1.165, 1.54) is 18.2 Å². The van der Waals surface area contributed by atoms with E-state index in [0.717, 1.165) is 6.07 Å². The molecule has 0 aliphatic heterocycles. The van der Waals surface area contributed by atoms with Crippen LogP contribution in [0.25, 0.3) is 0 Å². The van der Waals surface area contributed by atoms with Gasteiger partial charge in [0.1, 0.15) is 11.9 Å². The lowest BCUT2D eigenvalue weighted by molar-refractivity contribution is -0.139. The molecule has 2 atom stereocenters. The normalized spacial score (nSPS) is 15.4. The second-order valence-electron chi connectivity index (χ2n) is 3.69. The van der Waals surface area contributed by atoms with E-state index in [1.807, 2.05) is 0 Å². The van der Waals surface area contributed by atoms with E-state index >= 15 is 0 Å². The maximum absolute atomic E-state index is 12.6. The van der Waals surface area contributed by atoms with Crippen LogP contribution in [-0.2, 0) is 6.18 Å². The number of rotatable bonds is 4. The minimum Gasteiger partial charge on any atom is -0.486 e. The van der Waals surface area contributed by atoms with Crippen molar-refractivity contribution in [3.8, 4) is 5.75 Å². The van der Waals surface area contributed by atoms with Crippen LogP contribution < -0.4 is 10.5 Å². The molecular formula is C11H14F3NO2. The lowest BCUT2D eigenvalue weighted by Crippen LogP contribution is -2.39. The summed E-state index contributed by atoms with van der Waals surface area (Å²) in [6.07, 6.45) is -5.35. The monoisotopic (exact) mass is 249 g/mol. The van der Waals surface area contributed by atoms with Crippen molar-refractivity contribution in [1.82, 2.24) is 0 Å². The molecule has 0 saturated heterocycles. The summed E-state index contributed by atoms with van der Waals surface area (Å²) in [5, 5.41) is 8.97. The molecule has 0 aliphatic rings. The molecule has 0 heterocycles. The Labute approximate surface area is 97.0 Å². The highest BCUT2D eigenvalue weighted by molar-refractivity contribution is 5.35. The molecule has 0 aliphatic carbocycles. The van der Waals surface area contributed by atoms with Crippen LogP contribution in [0, 0.1) is 0 Å². The highest BCUT2D eigenvalue weighted by Gasteiger charge is 2.34. The van der Waals surface area contributed by atoms with Crippen LogP contribution in [0.2, 0.25) is 0 Å². The standard InChI is InChI=1S/C11H14F3NO2/c1-7(15)10(6-16)17-9-5-3-2-4-8(9)11(12,13)14/h2-5,7,10,16H,6,15H2,1H3. The van der Waals surface area contributed by atoms with Crippen molar-refractivity contribution in [2.24, 2.45) is 5.73 Å². The van der Waals surface area contributed by atoms with Crippen molar-refractivity contribution in [2.75, 3.05) is 6.61 Å². The summed E-state index contributed by atoms with van der Waals surface area (Å²) in [5.41, 5.74) is 4.61. The fourth-order valence-electron chi connectivity index (χ4n) is 1.28. The van der Waals surface area contributed by atoms with Gasteiger partial charge in [0, 0.05) is 6.04 Å². The maximum Gasteiger partial charge on any atom is 0.419 e. The van der Waals surface area contributed by atoms with Gasteiger partial charge in [-0.15, -0.1) is 0 Å². The van der Waals surface area contributed by atoms with E-state index in [0.29, 0.717) is 0 Å². The number of aliphatic hydroxyl groups is 1. The van der Waals surface area contributed by atoms with E-state index in [1.54, 1.807) is 6.92 Å². The zero-order chi connectivity index (χ0) is 13.1. The number of nitrogens with two attached hydrogens (primary N) is 1. The highest BCUT2D eigenvalue weighted by Crippen LogP contribution is 2.36. The van der Waals surface area contributed by atoms with Gasteiger partial charge in [-0.1, -0.05) is 12.1 Å². The summed E-state index contributed by atoms with van der Waals surface area (Å²) in [6, 6.07) is 4.26. The van der Waals surface area contributed by atoms with E-state index in [2.05, 4.69) is 0 Å². The average molecular weight is 249 g/mol. The van der Waals surface area contributed by atoms with Crippen molar-refractivity contribution >= 4 is 0 Å². The Kier molecular flexibility index (Phi) is 4.36. The van der Waals surface area contributed by atoms with Gasteiger partial charge in [0.2, 0.25) is 0 Å². The molecule has 2 unspecified atom stereocenters. The van der Waals surface area contributed by atoms with E-state index < -0.39 is 30.5 Å². The number of aliphatic hydroxyl groups excluding tert-OH is 1. The summed E-state index contributed by atoms with van der Waals surface area (Å²) in [4.78, 5) is 0. The Bertz CT molecular complexity index is 366. The summed E-state index contributed by atoms with van der Waals surface area (Å²) in [6.45, 7) is 1.11. The van der Waals surface area contributed by atoms with Gasteiger partial charge in [-0.05, 0) is 19.1 Å². The number of ether oxygens (including phenoxy) is 1. The SMILES string of the molecule is CC(N)C(CO)Oc1ccccc1C(F)(F)F. The lowest BCUT2D eigenvalue weighted by atomic mass is 10.1. The van der Waals surface area contributed by atoms with Crippen molar-refractivity contribution in [2.45, 2.75) is 25.2 Å². The van der Waals surface area contributed by atoms with Crippen molar-refractivity contribution in [3.63, 3.8) is 0 Å². The number of hydrogen-bond donors (Lipinski definition) is 2. The Hall–Kier alpha value is -1.27. The molecule has 0 aromatic heterocycles. The van der Waals surface area contributed by atoms with Gasteiger partial charge in [0.05, 0.1) is 12.2 Å². The number of para-hydroxylation sites is 1. The molecule has 3 nitrogen and oxygen atoms in total. The number of halogens is 3. The van der Waals surface area contributed by atoms with Gasteiger partial charge in [0.15, 0.2) is 0 Å². The van der Waals surface area contributed by atoms with E-state index in [9.17, 15) is 13.2 Å². The first kappa shape index (κ1) is 13.8. The van der Waals surface area contributed by atoms with Crippen LogP contribution in [0.15, 0.2) is 24.3 Å². The molecule has 1 aromatic carbocycles. The molecule has 6 heteroatoms. The minimum atomic E-state index is -4.49. The van der Waals surface area contributed by atoms with Gasteiger partial charge < -0.3 is 15.6 Å². The fraction of sp³-hybridized carbons (Fsp3) is 0.455. The molecular weight excluding hydrogens is 235 g/mol. The van der Waals surface area contributed by atoms with Crippen molar-refractivity contribution in [1.29, 1.82) is 0 Å². The van der Waals surface area contributed by atoms with Gasteiger partial charge in [-0.2, -0.15) is 13.2 Å². The second kappa shape index (κ2) is 5.37. The van der Waals surface area contributed by atoms with Crippen molar-refractivity contribution in [3.05, 3.63) is 29.8 Å². The summed E-state index contributed by atoms with van der Waals surface area (Å²) < 4.78 is 43.0. The Morgan fingerprint density at radius 1 is 1.35 bits per heavy atom. The minimum absolute atomic E-state index is 0.323. The topological polar surface area (TPSA) is 55.5 Å². The molecule has 17 heavy (non-hydrogen) atoms. The summed E-state index contributed by atoms with van der Waals surface area (Å²) in [7, 11) is 0. The third-order valence-electron chi connectivity index (χ3n) is 2.24. The summed E-state index contributed by atoms with van der Waals surface area (Å²) >= 11 is 0. The predicted octanol–water partition coefficient (Wildman–Crippen LogP) is 1.79. The summed E-state index contributed by atoms with van der Waals surface area (Å²) in [5.74, 6) is -0.323. The molecule has 3 N–H and O–H groups in total. The Morgan fingerprint density at radius 2 is 1.94 bits per heavy atom. The third-order valence-corrected chi connectivity index (χ3v) is 2.24. The average Bonchev–Trinajstić information content (AvgIpc) is 2.24. The van der Waals surface area contributed by atoms with Crippen LogP contribution in [0.3, 0.4) is 0 Å². The maximum atomic E-state index is 12.6. The number of benzene rings is 1. The Balaban J connectivity index is 2.98. The van der Waals surface area contributed by atoms with Crippen LogP contribution in [0.1, 0.15) is 12.5 Å². The van der Waals surface area contributed by atoms with Crippen LogP contribution in [0.4, 0.5) is 13.2 Å².